The van der Waals surface area contributed by atoms with Gasteiger partial charge in [0.25, 0.3) is 0 Å². The number of aryl methyl sites for hydroxylation is 1. The summed E-state index contributed by atoms with van der Waals surface area (Å²) in [7, 11) is 1.78. The molecule has 1 heterocycles. The van der Waals surface area contributed by atoms with Gasteiger partial charge in [0.1, 0.15) is 5.75 Å². The summed E-state index contributed by atoms with van der Waals surface area (Å²) in [6.45, 7) is 6.28. The van der Waals surface area contributed by atoms with Crippen molar-refractivity contribution >= 4 is 17.3 Å². The lowest BCUT2D eigenvalue weighted by Crippen LogP contribution is -2.36. The number of hydrogen-bond acceptors (Lipinski definition) is 3. The first kappa shape index (κ1) is 16.4. The van der Waals surface area contributed by atoms with Crippen LogP contribution < -0.4 is 15.4 Å². The summed E-state index contributed by atoms with van der Waals surface area (Å²) in [5.74, 6) is 1.76. The van der Waals surface area contributed by atoms with Crippen LogP contribution in [0.2, 0.25) is 0 Å². The number of ether oxygens (including phenoxy) is 1. The summed E-state index contributed by atoms with van der Waals surface area (Å²) in [5.41, 5.74) is 2.36. The van der Waals surface area contributed by atoms with E-state index in [1.807, 2.05) is 13.0 Å². The number of nitrogens with zero attached hydrogens (tertiary/aromatic N) is 1. The van der Waals surface area contributed by atoms with Crippen LogP contribution in [-0.4, -0.2) is 19.6 Å². The Morgan fingerprint density at radius 1 is 1.23 bits per heavy atom. The van der Waals surface area contributed by atoms with Crippen LogP contribution in [-0.2, 0) is 13.1 Å². The Bertz CT molecular complexity index is 608. The van der Waals surface area contributed by atoms with E-state index in [-0.39, 0.29) is 0 Å². The highest BCUT2D eigenvalue weighted by atomic mass is 32.1. The quantitative estimate of drug-likeness (QED) is 0.634. The molecule has 0 saturated heterocycles. The van der Waals surface area contributed by atoms with Crippen LogP contribution in [0.15, 0.2) is 40.7 Å². The molecule has 118 valence electrons. The third-order valence-corrected chi connectivity index (χ3v) is 4.11. The number of benzene rings is 1. The summed E-state index contributed by atoms with van der Waals surface area (Å²) >= 11 is 1.74. The normalized spacial score (nSPS) is 11.3. The van der Waals surface area contributed by atoms with Crippen LogP contribution in [0, 0.1) is 6.92 Å². The third-order valence-electron chi connectivity index (χ3n) is 3.23. The van der Waals surface area contributed by atoms with Crippen LogP contribution in [0.3, 0.4) is 0 Å². The molecular weight excluding hydrogens is 294 g/mol. The maximum atomic E-state index is 5.56. The van der Waals surface area contributed by atoms with E-state index in [1.165, 1.54) is 10.4 Å². The van der Waals surface area contributed by atoms with Gasteiger partial charge < -0.3 is 15.4 Å². The van der Waals surface area contributed by atoms with E-state index in [0.717, 1.165) is 30.4 Å². The monoisotopic (exact) mass is 317 g/mol. The van der Waals surface area contributed by atoms with Crippen LogP contribution >= 0.6 is 11.3 Å². The van der Waals surface area contributed by atoms with Gasteiger partial charge in [0.2, 0.25) is 0 Å². The molecule has 0 fully saturated rings. The van der Waals surface area contributed by atoms with Gasteiger partial charge in [0, 0.05) is 18.5 Å². The Kier molecular flexibility index (Phi) is 6.27. The summed E-state index contributed by atoms with van der Waals surface area (Å²) in [5, 5.41) is 8.72. The summed E-state index contributed by atoms with van der Waals surface area (Å²) in [6.07, 6.45) is 0. The van der Waals surface area contributed by atoms with Crippen molar-refractivity contribution in [2.75, 3.05) is 13.7 Å². The highest BCUT2D eigenvalue weighted by Gasteiger charge is 2.03. The van der Waals surface area contributed by atoms with Gasteiger partial charge in [0.05, 0.1) is 13.2 Å². The van der Waals surface area contributed by atoms with Crippen molar-refractivity contribution in [2.45, 2.75) is 26.9 Å². The molecule has 2 N–H and O–H groups in total. The lowest BCUT2D eigenvalue weighted by molar-refractivity contribution is 0.338. The minimum Gasteiger partial charge on any atom is -0.494 e. The second-order valence-electron chi connectivity index (χ2n) is 4.89. The molecule has 4 nitrogen and oxygen atoms in total. The highest BCUT2D eigenvalue weighted by Crippen LogP contribution is 2.18. The van der Waals surface area contributed by atoms with Gasteiger partial charge in [-0.2, -0.15) is 0 Å². The molecule has 0 aliphatic carbocycles. The SMILES string of the molecule is CCOc1ccc(CNC(=NC)NCc2cccs2)cc1C. The Balaban J connectivity index is 1.86. The molecule has 0 amide bonds. The number of nitrogens with one attached hydrogen (secondary N) is 2. The van der Waals surface area contributed by atoms with Gasteiger partial charge in [-0.1, -0.05) is 18.2 Å². The molecule has 0 unspecified atom stereocenters. The molecule has 0 aliphatic heterocycles. The van der Waals surface area contributed by atoms with Crippen molar-refractivity contribution in [1.29, 1.82) is 0 Å². The molecule has 0 aliphatic rings. The zero-order valence-electron chi connectivity index (χ0n) is 13.3. The summed E-state index contributed by atoms with van der Waals surface area (Å²) in [4.78, 5) is 5.54. The van der Waals surface area contributed by atoms with E-state index in [1.54, 1.807) is 18.4 Å². The first-order valence-electron chi connectivity index (χ1n) is 7.42. The zero-order chi connectivity index (χ0) is 15.8. The number of hydrogen-bond donors (Lipinski definition) is 2. The molecule has 0 spiro atoms. The largest absolute Gasteiger partial charge is 0.494 e. The molecule has 0 atom stereocenters. The van der Waals surface area contributed by atoms with Crippen LogP contribution in [0.4, 0.5) is 0 Å². The minimum absolute atomic E-state index is 0.692. The minimum atomic E-state index is 0.692. The van der Waals surface area contributed by atoms with E-state index in [0.29, 0.717) is 6.61 Å². The van der Waals surface area contributed by atoms with E-state index >= 15 is 0 Å². The number of thiophene rings is 1. The van der Waals surface area contributed by atoms with Gasteiger partial charge in [-0.25, -0.2) is 0 Å². The fourth-order valence-corrected chi connectivity index (χ4v) is 2.77. The van der Waals surface area contributed by atoms with Crippen molar-refractivity contribution in [1.82, 2.24) is 10.6 Å². The average Bonchev–Trinajstić information content (AvgIpc) is 3.03. The first-order chi connectivity index (χ1) is 10.7. The molecule has 0 saturated carbocycles. The van der Waals surface area contributed by atoms with Crippen LogP contribution in [0.1, 0.15) is 22.9 Å². The van der Waals surface area contributed by atoms with Gasteiger partial charge in [-0.05, 0) is 42.5 Å². The first-order valence-corrected chi connectivity index (χ1v) is 8.30. The molecular formula is C17H23N3OS. The third kappa shape index (κ3) is 4.77. The van der Waals surface area contributed by atoms with Gasteiger partial charge in [-0.15, -0.1) is 11.3 Å². The Labute approximate surface area is 136 Å². The number of guanidine groups is 1. The summed E-state index contributed by atoms with van der Waals surface area (Å²) < 4.78 is 5.56. The second kappa shape index (κ2) is 8.44. The smallest absolute Gasteiger partial charge is 0.191 e. The van der Waals surface area contributed by atoms with Gasteiger partial charge in [0.15, 0.2) is 5.96 Å². The van der Waals surface area contributed by atoms with Crippen molar-refractivity contribution in [3.8, 4) is 5.75 Å². The molecule has 1 aromatic carbocycles. The van der Waals surface area contributed by atoms with E-state index in [9.17, 15) is 0 Å². The molecule has 1 aromatic heterocycles. The van der Waals surface area contributed by atoms with Crippen LogP contribution in [0.5, 0.6) is 5.75 Å². The molecule has 0 radical (unpaired) electrons. The van der Waals surface area contributed by atoms with Crippen molar-refractivity contribution in [2.24, 2.45) is 4.99 Å². The van der Waals surface area contributed by atoms with Gasteiger partial charge in [-0.3, -0.25) is 4.99 Å². The maximum absolute atomic E-state index is 5.56. The molecule has 2 rings (SSSR count). The molecule has 0 bridgehead atoms. The topological polar surface area (TPSA) is 45.6 Å². The Morgan fingerprint density at radius 2 is 2.05 bits per heavy atom. The van der Waals surface area contributed by atoms with E-state index in [4.69, 9.17) is 4.74 Å². The predicted molar refractivity (Wildman–Crippen MR) is 93.7 cm³/mol. The lowest BCUT2D eigenvalue weighted by Gasteiger charge is -2.13. The van der Waals surface area contributed by atoms with E-state index in [2.05, 4.69) is 52.2 Å². The lowest BCUT2D eigenvalue weighted by atomic mass is 10.1. The summed E-state index contributed by atoms with van der Waals surface area (Å²) in [6, 6.07) is 10.4. The van der Waals surface area contributed by atoms with E-state index < -0.39 is 0 Å². The average molecular weight is 317 g/mol. The fourth-order valence-electron chi connectivity index (χ4n) is 2.13. The van der Waals surface area contributed by atoms with Crippen molar-refractivity contribution in [3.63, 3.8) is 0 Å². The molecule has 22 heavy (non-hydrogen) atoms. The fraction of sp³-hybridized carbons (Fsp3) is 0.353. The zero-order valence-corrected chi connectivity index (χ0v) is 14.2. The van der Waals surface area contributed by atoms with Gasteiger partial charge >= 0.3 is 0 Å². The van der Waals surface area contributed by atoms with Crippen molar-refractivity contribution in [3.05, 3.63) is 51.7 Å². The molecule has 2 aromatic rings. The number of aliphatic imine (C=N–C) groups is 1. The highest BCUT2D eigenvalue weighted by molar-refractivity contribution is 7.09. The van der Waals surface area contributed by atoms with Crippen LogP contribution in [0.25, 0.3) is 0 Å². The van der Waals surface area contributed by atoms with Crippen molar-refractivity contribution < 1.29 is 4.74 Å². The number of rotatable bonds is 6. The second-order valence-corrected chi connectivity index (χ2v) is 5.92. The molecule has 5 heteroatoms. The Morgan fingerprint density at radius 3 is 2.68 bits per heavy atom. The Hall–Kier alpha value is -2.01. The standard InChI is InChI=1S/C17H23N3OS/c1-4-21-16-8-7-14(10-13(16)2)11-19-17(18-3)20-12-15-6-5-9-22-15/h5-10H,4,11-12H2,1-3H3,(H2,18,19,20). The maximum Gasteiger partial charge on any atom is 0.191 e. The predicted octanol–water partition coefficient (Wildman–Crippen LogP) is 3.32.